The molecule has 3 aromatic rings. The van der Waals surface area contributed by atoms with E-state index >= 15 is 0 Å². The van der Waals surface area contributed by atoms with Gasteiger partial charge in [-0.25, -0.2) is 4.68 Å². The zero-order valence-electron chi connectivity index (χ0n) is 13.7. The second-order valence-corrected chi connectivity index (χ2v) is 7.11. The summed E-state index contributed by atoms with van der Waals surface area (Å²) in [6.07, 6.45) is 3.03. The molecule has 1 aromatic carbocycles. The van der Waals surface area contributed by atoms with Crippen molar-refractivity contribution < 1.29 is 4.79 Å². The first kappa shape index (κ1) is 15.9. The lowest BCUT2D eigenvalue weighted by molar-refractivity contribution is 0.102. The van der Waals surface area contributed by atoms with Gasteiger partial charge in [-0.3, -0.25) is 14.9 Å². The molecule has 128 valence electrons. The van der Waals surface area contributed by atoms with Gasteiger partial charge in [-0.1, -0.05) is 36.5 Å². The zero-order valence-corrected chi connectivity index (χ0v) is 14.5. The van der Waals surface area contributed by atoms with Gasteiger partial charge < -0.3 is 0 Å². The Labute approximate surface area is 147 Å². The van der Waals surface area contributed by atoms with E-state index < -0.39 is 0 Å². The van der Waals surface area contributed by atoms with Gasteiger partial charge in [0.05, 0.1) is 5.39 Å². The molecule has 0 bridgehead atoms. The van der Waals surface area contributed by atoms with Crippen molar-refractivity contribution in [2.45, 2.75) is 38.6 Å². The van der Waals surface area contributed by atoms with Gasteiger partial charge in [-0.15, -0.1) is 10.2 Å². The van der Waals surface area contributed by atoms with Crippen LogP contribution in [0.15, 0.2) is 29.1 Å². The van der Waals surface area contributed by atoms with Crippen molar-refractivity contribution in [2.24, 2.45) is 0 Å². The van der Waals surface area contributed by atoms with Crippen LogP contribution < -0.4 is 10.9 Å². The number of nitrogens with zero attached hydrogens (tertiary/aromatic N) is 4. The summed E-state index contributed by atoms with van der Waals surface area (Å²) in [7, 11) is 0. The summed E-state index contributed by atoms with van der Waals surface area (Å²) in [6.45, 7) is 2.43. The van der Waals surface area contributed by atoms with E-state index in [2.05, 4.69) is 20.6 Å². The van der Waals surface area contributed by atoms with E-state index in [1.54, 1.807) is 24.3 Å². The Bertz CT molecular complexity index is 1010. The van der Waals surface area contributed by atoms with Gasteiger partial charge in [0.2, 0.25) is 5.13 Å². The number of nitrogens with one attached hydrogen (secondary N) is 1. The van der Waals surface area contributed by atoms with Crippen molar-refractivity contribution in [3.05, 3.63) is 45.3 Å². The van der Waals surface area contributed by atoms with E-state index in [9.17, 15) is 9.59 Å². The van der Waals surface area contributed by atoms with Gasteiger partial charge in [0.25, 0.3) is 11.5 Å². The first-order valence-corrected chi connectivity index (χ1v) is 9.13. The predicted molar refractivity (Wildman–Crippen MR) is 96.1 cm³/mol. The maximum atomic E-state index is 12.7. The second kappa shape index (κ2) is 6.36. The fraction of sp³-hybridized carbons (Fsp3) is 0.353. The number of amides is 1. The van der Waals surface area contributed by atoms with E-state index in [0.717, 1.165) is 24.3 Å². The number of rotatable bonds is 5. The Balaban J connectivity index is 1.72. The van der Waals surface area contributed by atoms with E-state index in [0.29, 0.717) is 28.4 Å². The monoisotopic (exact) mass is 355 g/mol. The van der Waals surface area contributed by atoms with Crippen LogP contribution in [0.2, 0.25) is 0 Å². The molecule has 2 aromatic heterocycles. The maximum Gasteiger partial charge on any atom is 0.278 e. The highest BCUT2D eigenvalue weighted by molar-refractivity contribution is 7.15. The third-order valence-corrected chi connectivity index (χ3v) is 5.11. The molecule has 1 fully saturated rings. The van der Waals surface area contributed by atoms with Gasteiger partial charge in [0.15, 0.2) is 5.69 Å². The number of anilines is 1. The van der Waals surface area contributed by atoms with Crippen LogP contribution >= 0.6 is 11.3 Å². The van der Waals surface area contributed by atoms with E-state index in [1.807, 2.05) is 6.92 Å². The van der Waals surface area contributed by atoms with Crippen LogP contribution in [0.25, 0.3) is 10.8 Å². The van der Waals surface area contributed by atoms with Crippen LogP contribution in [0.4, 0.5) is 5.13 Å². The molecule has 0 radical (unpaired) electrons. The SMILES string of the molecule is CCCn1nc(C(=O)Nc2nnc(C3CC3)s2)c2ccccc2c1=O. The highest BCUT2D eigenvalue weighted by Gasteiger charge is 2.28. The van der Waals surface area contributed by atoms with Crippen molar-refractivity contribution >= 4 is 33.1 Å². The zero-order chi connectivity index (χ0) is 17.4. The number of fused-ring (bicyclic) bond motifs is 1. The summed E-state index contributed by atoms with van der Waals surface area (Å²) in [5.74, 6) is 0.119. The minimum Gasteiger partial charge on any atom is -0.295 e. The van der Waals surface area contributed by atoms with Crippen molar-refractivity contribution in [3.63, 3.8) is 0 Å². The van der Waals surface area contributed by atoms with Crippen molar-refractivity contribution in [1.82, 2.24) is 20.0 Å². The lowest BCUT2D eigenvalue weighted by atomic mass is 10.1. The first-order chi connectivity index (χ1) is 12.2. The van der Waals surface area contributed by atoms with Gasteiger partial charge in [-0.05, 0) is 25.3 Å². The summed E-state index contributed by atoms with van der Waals surface area (Å²) in [6, 6.07) is 7.04. The Morgan fingerprint density at radius 2 is 2.04 bits per heavy atom. The molecule has 0 spiro atoms. The molecule has 25 heavy (non-hydrogen) atoms. The quantitative estimate of drug-likeness (QED) is 0.760. The molecule has 0 aliphatic heterocycles. The molecule has 1 aliphatic rings. The number of aryl methyl sites for hydroxylation is 1. The van der Waals surface area contributed by atoms with E-state index in [-0.39, 0.29) is 17.2 Å². The molecule has 0 atom stereocenters. The maximum absolute atomic E-state index is 12.7. The van der Waals surface area contributed by atoms with Crippen LogP contribution in [0.3, 0.4) is 0 Å². The predicted octanol–water partition coefficient (Wildman–Crippen LogP) is 2.79. The number of hydrogen-bond donors (Lipinski definition) is 1. The molecule has 7 nitrogen and oxygen atoms in total. The molecule has 8 heteroatoms. The highest BCUT2D eigenvalue weighted by Crippen LogP contribution is 2.42. The van der Waals surface area contributed by atoms with Gasteiger partial charge in [0, 0.05) is 17.8 Å². The van der Waals surface area contributed by atoms with Gasteiger partial charge in [-0.2, -0.15) is 5.10 Å². The summed E-state index contributed by atoms with van der Waals surface area (Å²) in [5.41, 5.74) is 0.0488. The fourth-order valence-electron chi connectivity index (χ4n) is 2.70. The molecule has 4 rings (SSSR count). The topological polar surface area (TPSA) is 89.8 Å². The normalized spacial score (nSPS) is 14.0. The van der Waals surface area contributed by atoms with Crippen LogP contribution in [-0.2, 0) is 6.54 Å². The van der Waals surface area contributed by atoms with Crippen LogP contribution in [0, 0.1) is 0 Å². The highest BCUT2D eigenvalue weighted by atomic mass is 32.1. The molecule has 2 heterocycles. The van der Waals surface area contributed by atoms with Crippen LogP contribution in [0.5, 0.6) is 0 Å². The Morgan fingerprint density at radius 3 is 2.76 bits per heavy atom. The molecule has 0 unspecified atom stereocenters. The van der Waals surface area contributed by atoms with Crippen molar-refractivity contribution in [1.29, 1.82) is 0 Å². The first-order valence-electron chi connectivity index (χ1n) is 8.32. The lowest BCUT2D eigenvalue weighted by Crippen LogP contribution is -2.27. The van der Waals surface area contributed by atoms with Gasteiger partial charge in [0.1, 0.15) is 5.01 Å². The Hall–Kier alpha value is -2.61. The van der Waals surface area contributed by atoms with E-state index in [4.69, 9.17) is 0 Å². The number of benzene rings is 1. The van der Waals surface area contributed by atoms with Crippen LogP contribution in [-0.4, -0.2) is 25.9 Å². The fourth-order valence-corrected chi connectivity index (χ4v) is 3.61. The van der Waals surface area contributed by atoms with Crippen molar-refractivity contribution in [2.75, 3.05) is 5.32 Å². The molecule has 0 saturated heterocycles. The standard InChI is InChI=1S/C17H17N5O2S/c1-2-9-22-16(24)12-6-4-3-5-11(12)13(21-22)14(23)18-17-20-19-15(25-17)10-7-8-10/h3-6,10H,2,7-9H2,1H3,(H,18,20,23). The number of aromatic nitrogens is 4. The number of carbonyl (C=O) groups excluding carboxylic acids is 1. The second-order valence-electron chi connectivity index (χ2n) is 6.10. The lowest BCUT2D eigenvalue weighted by Gasteiger charge is -2.09. The van der Waals surface area contributed by atoms with Crippen molar-refractivity contribution in [3.8, 4) is 0 Å². The smallest absolute Gasteiger partial charge is 0.278 e. The van der Waals surface area contributed by atoms with Gasteiger partial charge >= 0.3 is 0 Å². The summed E-state index contributed by atoms with van der Waals surface area (Å²) >= 11 is 1.40. The third kappa shape index (κ3) is 3.05. The summed E-state index contributed by atoms with van der Waals surface area (Å²) in [5, 5.41) is 17.7. The molecular formula is C17H17N5O2S. The molecule has 1 N–H and O–H groups in total. The molecule has 1 saturated carbocycles. The van der Waals surface area contributed by atoms with E-state index in [1.165, 1.54) is 16.0 Å². The third-order valence-electron chi connectivity index (χ3n) is 4.11. The Morgan fingerprint density at radius 1 is 1.28 bits per heavy atom. The number of carbonyl (C=O) groups is 1. The summed E-state index contributed by atoms with van der Waals surface area (Å²) in [4.78, 5) is 25.2. The Kier molecular flexibility index (Phi) is 4.04. The molecule has 1 aliphatic carbocycles. The number of hydrogen-bond acceptors (Lipinski definition) is 6. The molecule has 1 amide bonds. The van der Waals surface area contributed by atoms with Crippen LogP contribution in [0.1, 0.15) is 47.6 Å². The average molecular weight is 355 g/mol. The summed E-state index contributed by atoms with van der Waals surface area (Å²) < 4.78 is 1.35. The molecular weight excluding hydrogens is 338 g/mol. The minimum absolute atomic E-state index is 0.180. The average Bonchev–Trinajstić information content (AvgIpc) is 3.37. The largest absolute Gasteiger partial charge is 0.295 e. The minimum atomic E-state index is -0.375.